The topological polar surface area (TPSA) is 108 Å². The summed E-state index contributed by atoms with van der Waals surface area (Å²) in [7, 11) is 2.69. The largest absolute Gasteiger partial charge is 0.493 e. The normalized spacial score (nSPS) is 16.6. The maximum atomic E-state index is 12.4. The Hall–Kier alpha value is -2.84. The Kier molecular flexibility index (Phi) is 6.98. The van der Waals surface area contributed by atoms with E-state index in [4.69, 9.17) is 14.2 Å². The molecule has 0 spiro atoms. The lowest BCUT2D eigenvalue weighted by Crippen LogP contribution is -2.45. The Morgan fingerprint density at radius 1 is 1.22 bits per heavy atom. The van der Waals surface area contributed by atoms with Gasteiger partial charge in [0, 0.05) is 18.7 Å². The Balaban J connectivity index is 2.15. The first-order valence-electron chi connectivity index (χ1n) is 8.79. The maximum Gasteiger partial charge on any atom is 0.345 e. The second kappa shape index (κ2) is 9.20. The van der Waals surface area contributed by atoms with Crippen molar-refractivity contribution in [2.24, 2.45) is 0 Å². The molecule has 0 aliphatic carbocycles. The second-order valence-corrected chi connectivity index (χ2v) is 6.20. The molecule has 148 valence electrons. The van der Waals surface area contributed by atoms with E-state index in [0.717, 1.165) is 31.7 Å². The predicted octanol–water partition coefficient (Wildman–Crippen LogP) is 2.56. The first-order chi connectivity index (χ1) is 12.9. The average molecular weight is 380 g/mol. The van der Waals surface area contributed by atoms with Crippen LogP contribution in [0.4, 0.5) is 5.69 Å². The van der Waals surface area contributed by atoms with Gasteiger partial charge in [-0.05, 0) is 25.7 Å². The van der Waals surface area contributed by atoms with Crippen LogP contribution in [0, 0.1) is 10.1 Å². The highest BCUT2D eigenvalue weighted by Crippen LogP contribution is 2.34. The molecule has 1 heterocycles. The van der Waals surface area contributed by atoms with Crippen molar-refractivity contribution in [1.82, 2.24) is 4.90 Å². The van der Waals surface area contributed by atoms with E-state index in [-0.39, 0.29) is 29.0 Å². The zero-order valence-electron chi connectivity index (χ0n) is 15.7. The Morgan fingerprint density at radius 2 is 1.89 bits per heavy atom. The highest BCUT2D eigenvalue weighted by Gasteiger charge is 2.29. The van der Waals surface area contributed by atoms with Gasteiger partial charge in [0.2, 0.25) is 0 Å². The Morgan fingerprint density at radius 3 is 2.48 bits per heavy atom. The van der Waals surface area contributed by atoms with Gasteiger partial charge in [-0.3, -0.25) is 14.9 Å². The Labute approximate surface area is 157 Å². The fourth-order valence-corrected chi connectivity index (χ4v) is 3.22. The van der Waals surface area contributed by atoms with E-state index >= 15 is 0 Å². The van der Waals surface area contributed by atoms with Gasteiger partial charge in [0.1, 0.15) is 5.56 Å². The van der Waals surface area contributed by atoms with Gasteiger partial charge in [0.25, 0.3) is 11.6 Å². The van der Waals surface area contributed by atoms with Gasteiger partial charge in [-0.1, -0.05) is 6.92 Å². The van der Waals surface area contributed by atoms with Crippen molar-refractivity contribution >= 4 is 17.6 Å². The van der Waals surface area contributed by atoms with E-state index < -0.39 is 23.2 Å². The molecule has 1 aliphatic rings. The number of carbonyl (C=O) groups is 2. The quantitative estimate of drug-likeness (QED) is 0.406. The molecule has 0 aromatic heterocycles. The van der Waals surface area contributed by atoms with Crippen molar-refractivity contribution < 1.29 is 28.7 Å². The maximum absolute atomic E-state index is 12.4. The van der Waals surface area contributed by atoms with Gasteiger partial charge in [-0.15, -0.1) is 0 Å². The minimum Gasteiger partial charge on any atom is -0.493 e. The number of carbonyl (C=O) groups excluding carboxylic acids is 2. The lowest BCUT2D eigenvalue weighted by atomic mass is 10.00. The van der Waals surface area contributed by atoms with E-state index in [1.807, 2.05) is 6.92 Å². The van der Waals surface area contributed by atoms with Gasteiger partial charge in [-0.25, -0.2) is 4.79 Å². The molecule has 1 saturated heterocycles. The number of nitro groups is 1. The van der Waals surface area contributed by atoms with Crippen LogP contribution in [0.3, 0.4) is 0 Å². The van der Waals surface area contributed by atoms with Crippen molar-refractivity contribution in [1.29, 1.82) is 0 Å². The molecule has 0 saturated carbocycles. The number of likely N-dealkylation sites (tertiary alicyclic amines) is 1. The van der Waals surface area contributed by atoms with E-state index in [2.05, 4.69) is 0 Å². The number of amides is 1. The van der Waals surface area contributed by atoms with Crippen LogP contribution in [-0.4, -0.2) is 55.1 Å². The van der Waals surface area contributed by atoms with Gasteiger partial charge < -0.3 is 19.1 Å². The van der Waals surface area contributed by atoms with Gasteiger partial charge in [0.05, 0.1) is 25.2 Å². The van der Waals surface area contributed by atoms with Crippen molar-refractivity contribution in [2.45, 2.75) is 38.6 Å². The SMILES string of the molecule is CC[C@@H]1CCCCN1C(=O)COC(=O)c1cc(OC)c(OC)cc1[N+](=O)[O-]. The van der Waals surface area contributed by atoms with Crippen LogP contribution in [0.25, 0.3) is 0 Å². The van der Waals surface area contributed by atoms with Crippen LogP contribution in [0.1, 0.15) is 43.0 Å². The second-order valence-electron chi connectivity index (χ2n) is 6.20. The number of nitro benzene ring substituents is 1. The highest BCUT2D eigenvalue weighted by molar-refractivity contribution is 5.96. The molecule has 1 atom stereocenters. The molecule has 1 aromatic rings. The average Bonchev–Trinajstić information content (AvgIpc) is 2.70. The molecule has 0 radical (unpaired) electrons. The van der Waals surface area contributed by atoms with Crippen LogP contribution in [0.2, 0.25) is 0 Å². The summed E-state index contributed by atoms with van der Waals surface area (Å²) in [5.41, 5.74) is -0.773. The molecule has 1 amide bonds. The fourth-order valence-electron chi connectivity index (χ4n) is 3.22. The summed E-state index contributed by atoms with van der Waals surface area (Å²) in [5, 5.41) is 11.3. The molecule has 2 rings (SSSR count). The molecule has 0 N–H and O–H groups in total. The number of hydrogen-bond acceptors (Lipinski definition) is 7. The number of ether oxygens (including phenoxy) is 3. The number of benzene rings is 1. The van der Waals surface area contributed by atoms with Crippen LogP contribution >= 0.6 is 0 Å². The summed E-state index contributed by atoms with van der Waals surface area (Å²) < 4.78 is 15.2. The Bertz CT molecular complexity index is 720. The standard InChI is InChI=1S/C18H24N2O7/c1-4-12-7-5-6-8-19(12)17(21)11-27-18(22)13-9-15(25-2)16(26-3)10-14(13)20(23)24/h9-10,12H,4-8,11H2,1-3H3/t12-/m1/s1. The third-order valence-corrected chi connectivity index (χ3v) is 4.66. The van der Waals surface area contributed by atoms with E-state index in [0.29, 0.717) is 6.54 Å². The van der Waals surface area contributed by atoms with Crippen LogP contribution in [-0.2, 0) is 9.53 Å². The van der Waals surface area contributed by atoms with Crippen molar-refractivity contribution in [2.75, 3.05) is 27.4 Å². The molecule has 27 heavy (non-hydrogen) atoms. The number of rotatable bonds is 7. The number of piperidine rings is 1. The molecule has 0 bridgehead atoms. The van der Waals surface area contributed by atoms with Crippen molar-refractivity contribution in [3.8, 4) is 11.5 Å². The summed E-state index contributed by atoms with van der Waals surface area (Å²) >= 11 is 0. The predicted molar refractivity (Wildman–Crippen MR) is 96.1 cm³/mol. The van der Waals surface area contributed by atoms with E-state index in [1.54, 1.807) is 4.90 Å². The number of esters is 1. The molecule has 0 unspecified atom stereocenters. The molecular formula is C18H24N2O7. The molecule has 1 fully saturated rings. The summed E-state index contributed by atoms with van der Waals surface area (Å²) in [6.07, 6.45) is 3.75. The summed E-state index contributed by atoms with van der Waals surface area (Å²) in [4.78, 5) is 37.1. The van der Waals surface area contributed by atoms with Crippen LogP contribution in [0.15, 0.2) is 12.1 Å². The van der Waals surface area contributed by atoms with E-state index in [9.17, 15) is 19.7 Å². The lowest BCUT2D eigenvalue weighted by Gasteiger charge is -2.35. The lowest BCUT2D eigenvalue weighted by molar-refractivity contribution is -0.385. The molecule has 1 aromatic carbocycles. The summed E-state index contributed by atoms with van der Waals surface area (Å²) in [6, 6.07) is 2.41. The zero-order chi connectivity index (χ0) is 20.0. The molecule has 1 aliphatic heterocycles. The van der Waals surface area contributed by atoms with Crippen LogP contribution < -0.4 is 9.47 Å². The third-order valence-electron chi connectivity index (χ3n) is 4.66. The molecule has 9 nitrogen and oxygen atoms in total. The van der Waals surface area contributed by atoms with Gasteiger partial charge in [-0.2, -0.15) is 0 Å². The molecular weight excluding hydrogens is 356 g/mol. The number of hydrogen-bond donors (Lipinski definition) is 0. The first-order valence-corrected chi connectivity index (χ1v) is 8.79. The van der Waals surface area contributed by atoms with Crippen molar-refractivity contribution in [3.63, 3.8) is 0 Å². The van der Waals surface area contributed by atoms with Gasteiger partial charge >= 0.3 is 5.97 Å². The van der Waals surface area contributed by atoms with Crippen LogP contribution in [0.5, 0.6) is 11.5 Å². The summed E-state index contributed by atoms with van der Waals surface area (Å²) in [6.45, 7) is 2.18. The smallest absolute Gasteiger partial charge is 0.345 e. The first kappa shape index (κ1) is 20.5. The number of methoxy groups -OCH3 is 2. The minimum absolute atomic E-state index is 0.121. The highest BCUT2D eigenvalue weighted by atomic mass is 16.6. The van der Waals surface area contributed by atoms with E-state index in [1.165, 1.54) is 20.3 Å². The van der Waals surface area contributed by atoms with Gasteiger partial charge in [0.15, 0.2) is 18.1 Å². The fraction of sp³-hybridized carbons (Fsp3) is 0.556. The monoisotopic (exact) mass is 380 g/mol. The third kappa shape index (κ3) is 4.66. The summed E-state index contributed by atoms with van der Waals surface area (Å²) in [5.74, 6) is -0.974. The minimum atomic E-state index is -0.957. The zero-order valence-corrected chi connectivity index (χ0v) is 15.7. The van der Waals surface area contributed by atoms with Crippen molar-refractivity contribution in [3.05, 3.63) is 27.8 Å². The number of nitrogens with zero attached hydrogens (tertiary/aromatic N) is 2. The molecule has 9 heteroatoms.